The van der Waals surface area contributed by atoms with Crippen LogP contribution in [0.4, 0.5) is 4.39 Å². The topological polar surface area (TPSA) is 49.4 Å². The second-order valence-corrected chi connectivity index (χ2v) is 6.95. The lowest BCUT2D eigenvalue weighted by atomic mass is 10.1. The average molecular weight is 343 g/mol. The molecule has 0 spiro atoms. The van der Waals surface area contributed by atoms with Crippen molar-refractivity contribution in [1.82, 2.24) is 9.62 Å². The summed E-state index contributed by atoms with van der Waals surface area (Å²) in [4.78, 5) is -0.0830. The molecule has 0 aliphatic carbocycles. The molecule has 0 unspecified atom stereocenters. The summed E-state index contributed by atoms with van der Waals surface area (Å²) in [5.74, 6) is -0.642. The summed E-state index contributed by atoms with van der Waals surface area (Å²) in [5.41, 5.74) is 0. The van der Waals surface area contributed by atoms with Crippen molar-refractivity contribution in [2.45, 2.75) is 23.8 Å². The first-order chi connectivity index (χ1) is 8.93. The predicted molar refractivity (Wildman–Crippen MR) is 79.5 cm³/mol. The molecule has 1 aliphatic heterocycles. The van der Waals surface area contributed by atoms with Crippen LogP contribution < -0.4 is 5.32 Å². The van der Waals surface area contributed by atoms with Crippen molar-refractivity contribution in [3.63, 3.8) is 0 Å². The van der Waals surface area contributed by atoms with E-state index < -0.39 is 15.8 Å². The van der Waals surface area contributed by atoms with Gasteiger partial charge < -0.3 is 5.32 Å². The zero-order valence-corrected chi connectivity index (χ0v) is 13.4. The molecule has 8 heteroatoms. The highest BCUT2D eigenvalue weighted by molar-refractivity contribution is 7.89. The Morgan fingerprint density at radius 2 is 1.90 bits per heavy atom. The largest absolute Gasteiger partial charge is 0.317 e. The molecule has 1 N–H and O–H groups in total. The van der Waals surface area contributed by atoms with Crippen LogP contribution in [0, 0.1) is 5.82 Å². The fourth-order valence-electron chi connectivity index (χ4n) is 2.21. The van der Waals surface area contributed by atoms with E-state index in [0.29, 0.717) is 19.1 Å². The fourth-order valence-corrected chi connectivity index (χ4v) is 4.02. The molecule has 1 saturated heterocycles. The molecule has 114 valence electrons. The summed E-state index contributed by atoms with van der Waals surface area (Å²) >= 11 is 5.71. The SMILES string of the molecule is CNC1CCN(S(=O)(=O)c2cc(F)cc(Cl)c2)CC1.Cl. The lowest BCUT2D eigenvalue weighted by molar-refractivity contribution is 0.298. The molecule has 1 aromatic rings. The molecule has 0 aromatic heterocycles. The number of piperidine rings is 1. The Balaban J connectivity index is 0.00000200. The Kier molecular flexibility index (Phi) is 6.22. The third-order valence-corrected chi connectivity index (χ3v) is 5.43. The van der Waals surface area contributed by atoms with E-state index >= 15 is 0 Å². The summed E-state index contributed by atoms with van der Waals surface area (Å²) in [7, 11) is -1.80. The summed E-state index contributed by atoms with van der Waals surface area (Å²) in [5, 5.41) is 3.22. The van der Waals surface area contributed by atoms with Crippen molar-refractivity contribution in [3.05, 3.63) is 29.0 Å². The van der Waals surface area contributed by atoms with Gasteiger partial charge >= 0.3 is 0 Å². The van der Waals surface area contributed by atoms with E-state index in [1.807, 2.05) is 7.05 Å². The van der Waals surface area contributed by atoms with E-state index in [0.717, 1.165) is 25.0 Å². The third kappa shape index (κ3) is 3.83. The van der Waals surface area contributed by atoms with Gasteiger partial charge in [0.05, 0.1) is 4.90 Å². The fraction of sp³-hybridized carbons (Fsp3) is 0.500. The minimum atomic E-state index is -3.66. The average Bonchev–Trinajstić information content (AvgIpc) is 2.37. The number of hydrogen-bond donors (Lipinski definition) is 1. The summed E-state index contributed by atoms with van der Waals surface area (Å²) in [6, 6.07) is 3.71. The molecular formula is C12H17Cl2FN2O2S. The first-order valence-electron chi connectivity index (χ1n) is 6.07. The van der Waals surface area contributed by atoms with Gasteiger partial charge in [-0.15, -0.1) is 12.4 Å². The van der Waals surface area contributed by atoms with Crippen LogP contribution in [-0.2, 0) is 10.0 Å². The van der Waals surface area contributed by atoms with E-state index in [9.17, 15) is 12.8 Å². The molecule has 0 saturated carbocycles. The van der Waals surface area contributed by atoms with Crippen LogP contribution in [0.25, 0.3) is 0 Å². The smallest absolute Gasteiger partial charge is 0.243 e. The van der Waals surface area contributed by atoms with Crippen molar-refractivity contribution in [2.24, 2.45) is 0 Å². The maximum atomic E-state index is 13.3. The van der Waals surface area contributed by atoms with Crippen LogP contribution in [-0.4, -0.2) is 38.9 Å². The normalized spacial score (nSPS) is 17.8. The van der Waals surface area contributed by atoms with Crippen molar-refractivity contribution in [2.75, 3.05) is 20.1 Å². The van der Waals surface area contributed by atoms with Gasteiger partial charge in [-0.05, 0) is 38.1 Å². The van der Waals surface area contributed by atoms with Crippen LogP contribution in [0.5, 0.6) is 0 Å². The molecule has 0 bridgehead atoms. The van der Waals surface area contributed by atoms with Crippen molar-refractivity contribution in [1.29, 1.82) is 0 Å². The number of nitrogens with one attached hydrogen (secondary N) is 1. The number of sulfonamides is 1. The minimum absolute atomic E-state index is 0. The first-order valence-corrected chi connectivity index (χ1v) is 7.89. The van der Waals surface area contributed by atoms with Gasteiger partial charge in [-0.3, -0.25) is 0 Å². The van der Waals surface area contributed by atoms with E-state index in [4.69, 9.17) is 11.6 Å². The van der Waals surface area contributed by atoms with Crippen LogP contribution in [0.1, 0.15) is 12.8 Å². The quantitative estimate of drug-likeness (QED) is 0.916. The lowest BCUT2D eigenvalue weighted by Crippen LogP contribution is -2.43. The lowest BCUT2D eigenvalue weighted by Gasteiger charge is -2.31. The Morgan fingerprint density at radius 1 is 1.30 bits per heavy atom. The highest BCUT2D eigenvalue weighted by atomic mass is 35.5. The second-order valence-electron chi connectivity index (χ2n) is 4.57. The number of rotatable bonds is 3. The zero-order chi connectivity index (χ0) is 14.0. The Labute approximate surface area is 129 Å². The van der Waals surface area contributed by atoms with Crippen molar-refractivity contribution in [3.8, 4) is 0 Å². The second kappa shape index (κ2) is 7.04. The van der Waals surface area contributed by atoms with Gasteiger partial charge in [0.2, 0.25) is 10.0 Å². The molecule has 20 heavy (non-hydrogen) atoms. The number of hydrogen-bond acceptors (Lipinski definition) is 3. The van der Waals surface area contributed by atoms with Gasteiger partial charge in [-0.1, -0.05) is 11.6 Å². The minimum Gasteiger partial charge on any atom is -0.317 e. The van der Waals surface area contributed by atoms with Gasteiger partial charge in [0.25, 0.3) is 0 Å². The monoisotopic (exact) mass is 342 g/mol. The molecule has 0 radical (unpaired) electrons. The summed E-state index contributed by atoms with van der Waals surface area (Å²) in [6.45, 7) is 0.865. The highest BCUT2D eigenvalue weighted by Crippen LogP contribution is 2.24. The van der Waals surface area contributed by atoms with E-state index in [1.165, 1.54) is 10.4 Å². The summed E-state index contributed by atoms with van der Waals surface area (Å²) < 4.78 is 39.4. The van der Waals surface area contributed by atoms with E-state index in [-0.39, 0.29) is 22.3 Å². The number of benzene rings is 1. The van der Waals surface area contributed by atoms with Gasteiger partial charge in [0.15, 0.2) is 0 Å². The molecular weight excluding hydrogens is 326 g/mol. The molecule has 1 heterocycles. The Morgan fingerprint density at radius 3 is 2.40 bits per heavy atom. The molecule has 2 rings (SSSR count). The van der Waals surface area contributed by atoms with Gasteiger partial charge in [-0.2, -0.15) is 4.31 Å². The molecule has 0 atom stereocenters. The Bertz CT molecular complexity index is 540. The van der Waals surface area contributed by atoms with Crippen LogP contribution in [0.3, 0.4) is 0 Å². The van der Waals surface area contributed by atoms with Crippen LogP contribution >= 0.6 is 24.0 Å². The van der Waals surface area contributed by atoms with Gasteiger partial charge in [0.1, 0.15) is 5.82 Å². The van der Waals surface area contributed by atoms with Gasteiger partial charge in [-0.25, -0.2) is 12.8 Å². The third-order valence-electron chi connectivity index (χ3n) is 3.34. The number of nitrogens with zero attached hydrogens (tertiary/aromatic N) is 1. The molecule has 1 aromatic carbocycles. The molecule has 0 amide bonds. The summed E-state index contributed by atoms with van der Waals surface area (Å²) in [6.07, 6.45) is 1.50. The first kappa shape index (κ1) is 17.7. The Hall–Kier alpha value is -0.400. The maximum Gasteiger partial charge on any atom is 0.243 e. The van der Waals surface area contributed by atoms with E-state index in [2.05, 4.69) is 5.32 Å². The van der Waals surface area contributed by atoms with Crippen molar-refractivity contribution < 1.29 is 12.8 Å². The zero-order valence-electron chi connectivity index (χ0n) is 11.0. The van der Waals surface area contributed by atoms with Crippen LogP contribution in [0.2, 0.25) is 5.02 Å². The molecule has 4 nitrogen and oxygen atoms in total. The van der Waals surface area contributed by atoms with Gasteiger partial charge in [0, 0.05) is 24.2 Å². The standard InChI is InChI=1S/C12H16ClFN2O2S.ClH/c1-15-11-2-4-16(5-3-11)19(17,18)12-7-9(13)6-10(14)8-12;/h6-8,11,15H,2-5H2,1H3;1H. The maximum absolute atomic E-state index is 13.3. The number of halogens is 3. The molecule has 1 fully saturated rings. The predicted octanol–water partition coefficient (Wildman–Crippen LogP) is 2.27. The highest BCUT2D eigenvalue weighted by Gasteiger charge is 2.29. The van der Waals surface area contributed by atoms with Crippen molar-refractivity contribution >= 4 is 34.0 Å². The molecule has 1 aliphatic rings. The van der Waals surface area contributed by atoms with E-state index in [1.54, 1.807) is 0 Å². The van der Waals surface area contributed by atoms with Crippen LogP contribution in [0.15, 0.2) is 23.1 Å².